The number of hydrogen-bond donors (Lipinski definition) is 1. The first-order valence-corrected chi connectivity index (χ1v) is 12.0. The zero-order valence-corrected chi connectivity index (χ0v) is 21.1. The number of esters is 1. The van der Waals surface area contributed by atoms with E-state index in [0.29, 0.717) is 22.1 Å². The van der Waals surface area contributed by atoms with Crippen LogP contribution in [0.25, 0.3) is 0 Å². The summed E-state index contributed by atoms with van der Waals surface area (Å²) in [7, 11) is 0. The quantitative estimate of drug-likeness (QED) is 0.422. The topological polar surface area (TPSA) is 84.9 Å². The Hall–Kier alpha value is -3.84. The molecule has 2 amide bonds. The fourth-order valence-corrected chi connectivity index (χ4v) is 4.03. The van der Waals surface area contributed by atoms with Gasteiger partial charge in [-0.3, -0.25) is 14.4 Å². The molecule has 1 heterocycles. The third-order valence-corrected chi connectivity index (χ3v) is 6.53. The SMILES string of the molecule is Cc1ccc(Oc2ccc(N3C[C@@H](C(=O)OCC(=O)Nc4ccc(C)c(Cl)c4)CC3=O)cc2)cc1C. The second-order valence-corrected chi connectivity index (χ2v) is 9.27. The summed E-state index contributed by atoms with van der Waals surface area (Å²) in [5.41, 5.74) is 4.40. The lowest BCUT2D eigenvalue weighted by atomic mass is 10.1. The number of ether oxygens (including phenoxy) is 2. The molecule has 0 saturated carbocycles. The van der Waals surface area contributed by atoms with E-state index < -0.39 is 24.4 Å². The van der Waals surface area contributed by atoms with Crippen molar-refractivity contribution >= 4 is 40.8 Å². The van der Waals surface area contributed by atoms with Crippen LogP contribution in [0.1, 0.15) is 23.1 Å². The van der Waals surface area contributed by atoms with Crippen molar-refractivity contribution in [2.24, 2.45) is 5.92 Å². The highest BCUT2D eigenvalue weighted by molar-refractivity contribution is 6.31. The predicted octanol–water partition coefficient (Wildman–Crippen LogP) is 5.59. The Labute approximate surface area is 215 Å². The number of carbonyl (C=O) groups excluding carboxylic acids is 3. The number of nitrogens with one attached hydrogen (secondary N) is 1. The molecular weight excluding hydrogens is 480 g/mol. The van der Waals surface area contributed by atoms with Gasteiger partial charge in [0.2, 0.25) is 5.91 Å². The summed E-state index contributed by atoms with van der Waals surface area (Å²) in [6.45, 7) is 5.67. The van der Waals surface area contributed by atoms with E-state index in [2.05, 4.69) is 5.32 Å². The largest absolute Gasteiger partial charge is 0.457 e. The number of nitrogens with zero attached hydrogens (tertiary/aromatic N) is 1. The summed E-state index contributed by atoms with van der Waals surface area (Å²) in [4.78, 5) is 38.8. The number of benzene rings is 3. The van der Waals surface area contributed by atoms with Crippen molar-refractivity contribution in [2.45, 2.75) is 27.2 Å². The second kappa shape index (κ2) is 10.8. The van der Waals surface area contributed by atoms with E-state index in [-0.39, 0.29) is 18.9 Å². The maximum atomic E-state index is 12.6. The van der Waals surface area contributed by atoms with Gasteiger partial charge in [0.15, 0.2) is 6.61 Å². The van der Waals surface area contributed by atoms with Crippen LogP contribution in [0.2, 0.25) is 5.02 Å². The van der Waals surface area contributed by atoms with Crippen molar-refractivity contribution in [2.75, 3.05) is 23.4 Å². The molecule has 3 aromatic rings. The van der Waals surface area contributed by atoms with Crippen LogP contribution in [0, 0.1) is 26.7 Å². The van der Waals surface area contributed by atoms with Crippen molar-refractivity contribution in [3.63, 3.8) is 0 Å². The number of anilines is 2. The molecule has 8 heteroatoms. The minimum atomic E-state index is -0.648. The van der Waals surface area contributed by atoms with Crippen LogP contribution in [-0.2, 0) is 19.1 Å². The second-order valence-electron chi connectivity index (χ2n) is 8.87. The first-order chi connectivity index (χ1) is 17.2. The maximum Gasteiger partial charge on any atom is 0.311 e. The summed E-state index contributed by atoms with van der Waals surface area (Å²) in [5, 5.41) is 3.16. The fourth-order valence-electron chi connectivity index (χ4n) is 3.84. The minimum Gasteiger partial charge on any atom is -0.457 e. The Kier molecular flexibility index (Phi) is 7.60. The van der Waals surface area contributed by atoms with E-state index in [1.54, 1.807) is 47.4 Å². The molecule has 186 valence electrons. The summed E-state index contributed by atoms with van der Waals surface area (Å²) in [5.74, 6) is -0.517. The highest BCUT2D eigenvalue weighted by Gasteiger charge is 2.36. The zero-order chi connectivity index (χ0) is 25.8. The molecule has 1 aliphatic heterocycles. The standard InChI is InChI=1S/C28H27ClN2O5/c1-17-5-9-24(12-19(17)3)36-23-10-7-22(8-11-23)31-15-20(13-27(31)33)28(34)35-16-26(32)30-21-6-4-18(2)25(29)14-21/h4-12,14,20H,13,15-16H2,1-3H3,(H,30,32)/t20-/m0/s1. The molecule has 1 aliphatic rings. The van der Waals surface area contributed by atoms with Crippen molar-refractivity contribution < 1.29 is 23.9 Å². The monoisotopic (exact) mass is 506 g/mol. The summed E-state index contributed by atoms with van der Waals surface area (Å²) >= 11 is 6.06. The molecule has 0 unspecified atom stereocenters. The Morgan fingerprint density at radius 3 is 2.33 bits per heavy atom. The van der Waals surface area contributed by atoms with Crippen molar-refractivity contribution in [1.82, 2.24) is 0 Å². The molecule has 0 radical (unpaired) electrons. The van der Waals surface area contributed by atoms with Gasteiger partial charge >= 0.3 is 5.97 Å². The first-order valence-electron chi connectivity index (χ1n) is 11.6. The van der Waals surface area contributed by atoms with Gasteiger partial charge in [0, 0.05) is 29.4 Å². The lowest BCUT2D eigenvalue weighted by Crippen LogP contribution is -2.28. The van der Waals surface area contributed by atoms with E-state index in [9.17, 15) is 14.4 Å². The molecule has 1 saturated heterocycles. The van der Waals surface area contributed by atoms with Crippen LogP contribution in [0.15, 0.2) is 60.7 Å². The van der Waals surface area contributed by atoms with Crippen molar-refractivity contribution in [1.29, 1.82) is 0 Å². The van der Waals surface area contributed by atoms with Crippen molar-refractivity contribution in [3.8, 4) is 11.5 Å². The fraction of sp³-hybridized carbons (Fsp3) is 0.250. The lowest BCUT2D eigenvalue weighted by Gasteiger charge is -2.17. The molecule has 0 aromatic heterocycles. The van der Waals surface area contributed by atoms with Crippen LogP contribution in [0.4, 0.5) is 11.4 Å². The Morgan fingerprint density at radius 1 is 0.944 bits per heavy atom. The van der Waals surface area contributed by atoms with Gasteiger partial charge in [0.05, 0.1) is 5.92 Å². The smallest absolute Gasteiger partial charge is 0.311 e. The van der Waals surface area contributed by atoms with Gasteiger partial charge in [-0.25, -0.2) is 0 Å². The molecule has 3 aromatic carbocycles. The normalized spacial score (nSPS) is 15.1. The Bertz CT molecular complexity index is 1310. The van der Waals surface area contributed by atoms with Gasteiger partial charge in [-0.2, -0.15) is 0 Å². The predicted molar refractivity (Wildman–Crippen MR) is 139 cm³/mol. The van der Waals surface area contributed by atoms with E-state index in [1.165, 1.54) is 5.56 Å². The minimum absolute atomic E-state index is 0.0227. The molecule has 36 heavy (non-hydrogen) atoms. The van der Waals surface area contributed by atoms with Crippen LogP contribution < -0.4 is 15.0 Å². The van der Waals surface area contributed by atoms with Crippen molar-refractivity contribution in [3.05, 3.63) is 82.4 Å². The van der Waals surface area contributed by atoms with E-state index in [4.69, 9.17) is 21.1 Å². The third kappa shape index (κ3) is 6.04. The molecule has 1 atom stereocenters. The van der Waals surface area contributed by atoms with Gasteiger partial charge in [0.1, 0.15) is 11.5 Å². The average Bonchev–Trinajstić information content (AvgIpc) is 3.24. The van der Waals surface area contributed by atoms with Crippen LogP contribution in [-0.4, -0.2) is 30.9 Å². The van der Waals surface area contributed by atoms with Gasteiger partial charge in [-0.1, -0.05) is 23.7 Å². The van der Waals surface area contributed by atoms with Gasteiger partial charge in [-0.15, -0.1) is 0 Å². The molecule has 0 spiro atoms. The van der Waals surface area contributed by atoms with E-state index >= 15 is 0 Å². The number of hydrogen-bond acceptors (Lipinski definition) is 5. The van der Waals surface area contributed by atoms with Gasteiger partial charge < -0.3 is 19.7 Å². The molecule has 0 aliphatic carbocycles. The molecule has 7 nitrogen and oxygen atoms in total. The lowest BCUT2D eigenvalue weighted by molar-refractivity contribution is -0.151. The molecule has 1 N–H and O–H groups in total. The average molecular weight is 507 g/mol. The summed E-state index contributed by atoms with van der Waals surface area (Å²) < 4.78 is 11.1. The highest BCUT2D eigenvalue weighted by Crippen LogP contribution is 2.30. The Morgan fingerprint density at radius 2 is 1.64 bits per heavy atom. The zero-order valence-electron chi connectivity index (χ0n) is 20.3. The number of halogens is 1. The summed E-state index contributed by atoms with van der Waals surface area (Å²) in [6, 6.07) is 18.1. The van der Waals surface area contributed by atoms with Gasteiger partial charge in [-0.05, 0) is 86.0 Å². The molecule has 1 fully saturated rings. The summed E-state index contributed by atoms with van der Waals surface area (Å²) in [6.07, 6.45) is 0.0227. The number of amides is 2. The molecule has 4 rings (SSSR count). The van der Waals surface area contributed by atoms with Crippen LogP contribution in [0.3, 0.4) is 0 Å². The van der Waals surface area contributed by atoms with E-state index in [0.717, 1.165) is 16.9 Å². The third-order valence-electron chi connectivity index (χ3n) is 6.12. The maximum absolute atomic E-state index is 12.6. The number of aryl methyl sites for hydroxylation is 3. The highest BCUT2D eigenvalue weighted by atomic mass is 35.5. The van der Waals surface area contributed by atoms with Crippen LogP contribution in [0.5, 0.6) is 11.5 Å². The van der Waals surface area contributed by atoms with E-state index in [1.807, 2.05) is 39.0 Å². The van der Waals surface area contributed by atoms with Gasteiger partial charge in [0.25, 0.3) is 5.91 Å². The number of rotatable bonds is 7. The number of carbonyl (C=O) groups is 3. The Balaban J connectivity index is 1.30. The first kappa shape index (κ1) is 25.3. The molecular formula is C28H27ClN2O5. The molecule has 0 bridgehead atoms. The van der Waals surface area contributed by atoms with Crippen LogP contribution >= 0.6 is 11.6 Å².